The van der Waals surface area contributed by atoms with Crippen LogP contribution in [-0.2, 0) is 14.8 Å². The SMILES string of the molecule is CN(CCO)S(=O)(=O)c1ccc(OCC(N)=O)c(Cl)c1. The minimum atomic E-state index is -3.73. The number of nitrogens with two attached hydrogens (primary N) is 1. The summed E-state index contributed by atoms with van der Waals surface area (Å²) in [4.78, 5) is 10.6. The fourth-order valence-corrected chi connectivity index (χ4v) is 2.84. The molecule has 1 aromatic rings. The standard InChI is InChI=1S/C11H15ClN2O5S/c1-14(4-5-15)20(17,18)8-2-3-10(9(12)6-8)19-7-11(13)16/h2-3,6,15H,4-5,7H2,1H3,(H2,13,16). The van der Waals surface area contributed by atoms with Crippen LogP contribution in [0.3, 0.4) is 0 Å². The third-order valence-corrected chi connectivity index (χ3v) is 4.54. The number of primary amides is 1. The van der Waals surface area contributed by atoms with Crippen LogP contribution in [-0.4, -0.2) is 50.5 Å². The predicted molar refractivity (Wildman–Crippen MR) is 73.0 cm³/mol. The predicted octanol–water partition coefficient (Wildman–Crippen LogP) is -0.183. The molecular weight excluding hydrogens is 308 g/mol. The first kappa shape index (κ1) is 16.7. The van der Waals surface area contributed by atoms with Crippen LogP contribution in [0, 0.1) is 0 Å². The quantitative estimate of drug-likeness (QED) is 0.723. The molecule has 9 heteroatoms. The maximum absolute atomic E-state index is 12.1. The zero-order valence-corrected chi connectivity index (χ0v) is 12.3. The molecule has 0 bridgehead atoms. The van der Waals surface area contributed by atoms with E-state index in [0.29, 0.717) is 0 Å². The molecule has 1 rings (SSSR count). The van der Waals surface area contributed by atoms with Crippen molar-refractivity contribution in [3.8, 4) is 5.75 Å². The van der Waals surface area contributed by atoms with Crippen LogP contribution in [0.5, 0.6) is 5.75 Å². The monoisotopic (exact) mass is 322 g/mol. The molecule has 0 unspecified atom stereocenters. The zero-order valence-electron chi connectivity index (χ0n) is 10.7. The van der Waals surface area contributed by atoms with Gasteiger partial charge in [0.2, 0.25) is 10.0 Å². The number of aliphatic hydroxyl groups is 1. The van der Waals surface area contributed by atoms with Crippen LogP contribution in [0.15, 0.2) is 23.1 Å². The Labute approximate surface area is 121 Å². The molecular formula is C11H15ClN2O5S. The number of carbonyl (C=O) groups is 1. The summed E-state index contributed by atoms with van der Waals surface area (Å²) in [6.07, 6.45) is 0. The summed E-state index contributed by atoms with van der Waals surface area (Å²) < 4.78 is 30.2. The lowest BCUT2D eigenvalue weighted by molar-refractivity contribution is -0.119. The molecule has 0 aliphatic rings. The molecule has 0 aliphatic carbocycles. The molecule has 0 fully saturated rings. The van der Waals surface area contributed by atoms with Gasteiger partial charge in [-0.05, 0) is 18.2 Å². The Morgan fingerprint density at radius 3 is 2.65 bits per heavy atom. The summed E-state index contributed by atoms with van der Waals surface area (Å²) in [5.74, 6) is -0.505. The van der Waals surface area contributed by atoms with Crippen molar-refractivity contribution in [1.29, 1.82) is 0 Å². The molecule has 0 radical (unpaired) electrons. The van der Waals surface area contributed by atoms with Gasteiger partial charge in [0, 0.05) is 13.6 Å². The highest BCUT2D eigenvalue weighted by atomic mass is 35.5. The van der Waals surface area contributed by atoms with Crippen molar-refractivity contribution in [2.45, 2.75) is 4.90 Å². The molecule has 1 aromatic carbocycles. The second-order valence-corrected chi connectivity index (χ2v) is 6.35. The molecule has 0 spiro atoms. The molecule has 112 valence electrons. The number of sulfonamides is 1. The van der Waals surface area contributed by atoms with Crippen LogP contribution in [0.1, 0.15) is 0 Å². The second kappa shape index (κ2) is 6.89. The Morgan fingerprint density at radius 1 is 1.50 bits per heavy atom. The van der Waals surface area contributed by atoms with Crippen LogP contribution < -0.4 is 10.5 Å². The largest absolute Gasteiger partial charge is 0.482 e. The van der Waals surface area contributed by atoms with E-state index in [9.17, 15) is 13.2 Å². The van der Waals surface area contributed by atoms with Gasteiger partial charge in [0.1, 0.15) is 5.75 Å². The van der Waals surface area contributed by atoms with Gasteiger partial charge in [-0.15, -0.1) is 0 Å². The highest BCUT2D eigenvalue weighted by molar-refractivity contribution is 7.89. The van der Waals surface area contributed by atoms with Gasteiger partial charge < -0.3 is 15.6 Å². The Hall–Kier alpha value is -1.35. The van der Waals surface area contributed by atoms with Crippen LogP contribution in [0.25, 0.3) is 0 Å². The number of hydrogen-bond donors (Lipinski definition) is 2. The molecule has 3 N–H and O–H groups in total. The highest BCUT2D eigenvalue weighted by Gasteiger charge is 2.21. The third-order valence-electron chi connectivity index (χ3n) is 2.40. The lowest BCUT2D eigenvalue weighted by atomic mass is 10.3. The van der Waals surface area contributed by atoms with Gasteiger partial charge in [0.15, 0.2) is 6.61 Å². The molecule has 20 heavy (non-hydrogen) atoms. The minimum Gasteiger partial charge on any atom is -0.482 e. The van der Waals surface area contributed by atoms with Crippen molar-refractivity contribution in [2.75, 3.05) is 26.8 Å². The van der Waals surface area contributed by atoms with Gasteiger partial charge in [0.05, 0.1) is 16.5 Å². The minimum absolute atomic E-state index is 0.0279. The maximum atomic E-state index is 12.1. The zero-order chi connectivity index (χ0) is 15.3. The van der Waals surface area contributed by atoms with E-state index in [1.807, 2.05) is 0 Å². The molecule has 7 nitrogen and oxygen atoms in total. The van der Waals surface area contributed by atoms with Crippen molar-refractivity contribution in [3.05, 3.63) is 23.2 Å². The van der Waals surface area contributed by atoms with Crippen molar-refractivity contribution in [3.63, 3.8) is 0 Å². The summed E-state index contributed by atoms with van der Waals surface area (Å²) in [5, 5.41) is 8.82. The molecule has 0 atom stereocenters. The van der Waals surface area contributed by atoms with Crippen molar-refractivity contribution in [2.24, 2.45) is 5.73 Å². The summed E-state index contributed by atoms with van der Waals surface area (Å²) in [6.45, 7) is -0.667. The first-order valence-corrected chi connectivity index (χ1v) is 7.38. The first-order valence-electron chi connectivity index (χ1n) is 5.57. The number of aliphatic hydroxyl groups excluding tert-OH is 1. The number of benzene rings is 1. The number of carbonyl (C=O) groups excluding carboxylic acids is 1. The number of likely N-dealkylation sites (N-methyl/N-ethyl adjacent to an activating group) is 1. The Bertz CT molecular complexity index is 590. The number of hydrogen-bond acceptors (Lipinski definition) is 5. The van der Waals surface area contributed by atoms with Gasteiger partial charge in [-0.3, -0.25) is 4.79 Å². The summed E-state index contributed by atoms with van der Waals surface area (Å²) in [6, 6.07) is 3.84. The maximum Gasteiger partial charge on any atom is 0.255 e. The number of rotatable bonds is 7. The number of nitrogens with zero attached hydrogens (tertiary/aromatic N) is 1. The molecule has 0 heterocycles. The average Bonchev–Trinajstić information content (AvgIpc) is 2.37. The Balaban J connectivity index is 2.99. The van der Waals surface area contributed by atoms with E-state index in [4.69, 9.17) is 27.2 Å². The Morgan fingerprint density at radius 2 is 2.15 bits per heavy atom. The van der Waals surface area contributed by atoms with Gasteiger partial charge in [-0.2, -0.15) is 4.31 Å². The normalized spacial score (nSPS) is 11.6. The van der Waals surface area contributed by atoms with Gasteiger partial charge in [-0.1, -0.05) is 11.6 Å². The van der Waals surface area contributed by atoms with Gasteiger partial charge in [-0.25, -0.2) is 8.42 Å². The van der Waals surface area contributed by atoms with Crippen molar-refractivity contribution in [1.82, 2.24) is 4.31 Å². The lowest BCUT2D eigenvalue weighted by Gasteiger charge is -2.16. The van der Waals surface area contributed by atoms with Crippen LogP contribution in [0.2, 0.25) is 5.02 Å². The topological polar surface area (TPSA) is 110 Å². The first-order chi connectivity index (χ1) is 9.28. The van der Waals surface area contributed by atoms with E-state index < -0.39 is 15.9 Å². The van der Waals surface area contributed by atoms with Crippen molar-refractivity contribution >= 4 is 27.5 Å². The van der Waals surface area contributed by atoms with E-state index in [0.717, 1.165) is 4.31 Å². The molecule has 0 aliphatic heterocycles. The average molecular weight is 323 g/mol. The molecule has 0 aromatic heterocycles. The van der Waals surface area contributed by atoms with E-state index in [1.165, 1.54) is 25.2 Å². The van der Waals surface area contributed by atoms with Gasteiger partial charge >= 0.3 is 0 Å². The smallest absolute Gasteiger partial charge is 0.255 e. The van der Waals surface area contributed by atoms with E-state index >= 15 is 0 Å². The Kier molecular flexibility index (Phi) is 5.75. The lowest BCUT2D eigenvalue weighted by Crippen LogP contribution is -2.29. The fourth-order valence-electron chi connectivity index (χ4n) is 1.35. The van der Waals surface area contributed by atoms with Gasteiger partial charge in [0.25, 0.3) is 5.91 Å². The molecule has 0 saturated carbocycles. The molecule has 0 saturated heterocycles. The summed E-state index contributed by atoms with van der Waals surface area (Å²) >= 11 is 5.89. The van der Waals surface area contributed by atoms with E-state index in [-0.39, 0.29) is 35.4 Å². The van der Waals surface area contributed by atoms with E-state index in [2.05, 4.69) is 0 Å². The number of halogens is 1. The van der Waals surface area contributed by atoms with E-state index in [1.54, 1.807) is 0 Å². The highest BCUT2D eigenvalue weighted by Crippen LogP contribution is 2.28. The van der Waals surface area contributed by atoms with Crippen LogP contribution >= 0.6 is 11.6 Å². The molecule has 1 amide bonds. The van der Waals surface area contributed by atoms with Crippen molar-refractivity contribution < 1.29 is 23.1 Å². The fraction of sp³-hybridized carbons (Fsp3) is 0.364. The summed E-state index contributed by atoms with van der Waals surface area (Å²) in [5.41, 5.74) is 4.93. The second-order valence-electron chi connectivity index (χ2n) is 3.90. The summed E-state index contributed by atoms with van der Waals surface area (Å²) in [7, 11) is -2.39. The number of ether oxygens (including phenoxy) is 1. The number of amides is 1. The van der Waals surface area contributed by atoms with Crippen LogP contribution in [0.4, 0.5) is 0 Å². The third kappa shape index (κ3) is 4.07.